The van der Waals surface area contributed by atoms with Crippen molar-refractivity contribution in [3.63, 3.8) is 0 Å². The smallest absolute Gasteiger partial charge is 0.255 e. The fraction of sp³-hybridized carbons (Fsp3) is 0.174. The molecule has 4 rings (SSSR count). The van der Waals surface area contributed by atoms with E-state index in [-0.39, 0.29) is 5.91 Å². The van der Waals surface area contributed by atoms with Crippen LogP contribution in [0.15, 0.2) is 72.2 Å². The number of hydrogen-bond donors (Lipinski definition) is 2. The van der Waals surface area contributed by atoms with Gasteiger partial charge in [-0.3, -0.25) is 4.79 Å². The van der Waals surface area contributed by atoms with E-state index in [4.69, 9.17) is 9.47 Å². The SMILES string of the molecule is COc1ccc(OC)c(NC(=O)C2=C(C)Nc3ncnn3C2C=Cc2ccccc2)c1. The van der Waals surface area contributed by atoms with Gasteiger partial charge in [0, 0.05) is 11.8 Å². The van der Waals surface area contributed by atoms with E-state index in [0.717, 1.165) is 5.56 Å². The molecule has 2 heterocycles. The summed E-state index contributed by atoms with van der Waals surface area (Å²) in [5, 5.41) is 10.4. The molecule has 31 heavy (non-hydrogen) atoms. The second kappa shape index (κ2) is 8.74. The lowest BCUT2D eigenvalue weighted by Crippen LogP contribution is -2.30. The number of amides is 1. The van der Waals surface area contributed by atoms with Crippen molar-refractivity contribution in [3.05, 3.63) is 77.8 Å². The summed E-state index contributed by atoms with van der Waals surface area (Å²) in [5.41, 5.74) is 2.76. The Morgan fingerprint density at radius 2 is 1.97 bits per heavy atom. The van der Waals surface area contributed by atoms with Crippen molar-refractivity contribution in [2.75, 3.05) is 24.9 Å². The molecule has 1 amide bonds. The number of hydrogen-bond acceptors (Lipinski definition) is 6. The van der Waals surface area contributed by atoms with Gasteiger partial charge in [-0.2, -0.15) is 10.1 Å². The van der Waals surface area contributed by atoms with E-state index >= 15 is 0 Å². The summed E-state index contributed by atoms with van der Waals surface area (Å²) >= 11 is 0. The lowest BCUT2D eigenvalue weighted by molar-refractivity contribution is -0.113. The fourth-order valence-electron chi connectivity index (χ4n) is 3.47. The third kappa shape index (κ3) is 4.13. The molecule has 1 unspecified atom stereocenters. The van der Waals surface area contributed by atoms with Gasteiger partial charge in [0.2, 0.25) is 5.95 Å². The summed E-state index contributed by atoms with van der Waals surface area (Å²) in [6, 6.07) is 14.7. The van der Waals surface area contributed by atoms with E-state index < -0.39 is 6.04 Å². The monoisotopic (exact) mass is 417 g/mol. The number of aromatic nitrogens is 3. The first-order valence-corrected chi connectivity index (χ1v) is 9.74. The maximum atomic E-state index is 13.4. The number of carbonyl (C=O) groups excluding carboxylic acids is 1. The molecule has 0 aliphatic carbocycles. The number of rotatable bonds is 6. The number of nitrogens with zero attached hydrogens (tertiary/aromatic N) is 3. The molecule has 1 aliphatic rings. The van der Waals surface area contributed by atoms with Gasteiger partial charge in [-0.25, -0.2) is 4.68 Å². The third-order valence-electron chi connectivity index (χ3n) is 5.01. The van der Waals surface area contributed by atoms with E-state index in [1.165, 1.54) is 6.33 Å². The van der Waals surface area contributed by atoms with Crippen LogP contribution in [0.2, 0.25) is 0 Å². The van der Waals surface area contributed by atoms with Gasteiger partial charge >= 0.3 is 0 Å². The van der Waals surface area contributed by atoms with Crippen LogP contribution in [0, 0.1) is 0 Å². The predicted molar refractivity (Wildman–Crippen MR) is 119 cm³/mol. The van der Waals surface area contributed by atoms with Crippen molar-refractivity contribution in [3.8, 4) is 11.5 Å². The minimum atomic E-state index is -0.435. The van der Waals surface area contributed by atoms with E-state index in [2.05, 4.69) is 20.7 Å². The van der Waals surface area contributed by atoms with Gasteiger partial charge in [-0.15, -0.1) is 0 Å². The number of carbonyl (C=O) groups is 1. The summed E-state index contributed by atoms with van der Waals surface area (Å²) in [7, 11) is 3.12. The van der Waals surface area contributed by atoms with Gasteiger partial charge in [-0.05, 0) is 24.6 Å². The van der Waals surface area contributed by atoms with Gasteiger partial charge in [0.05, 0.1) is 25.5 Å². The molecule has 3 aromatic rings. The molecule has 158 valence electrons. The summed E-state index contributed by atoms with van der Waals surface area (Å²) in [5.74, 6) is 1.45. The molecule has 8 heteroatoms. The van der Waals surface area contributed by atoms with Crippen molar-refractivity contribution in [2.45, 2.75) is 13.0 Å². The Morgan fingerprint density at radius 3 is 2.71 bits per heavy atom. The van der Waals surface area contributed by atoms with Crippen LogP contribution >= 0.6 is 0 Å². The molecule has 2 N–H and O–H groups in total. The van der Waals surface area contributed by atoms with Crippen LogP contribution in [0.3, 0.4) is 0 Å². The van der Waals surface area contributed by atoms with Crippen molar-refractivity contribution < 1.29 is 14.3 Å². The molecule has 2 aromatic carbocycles. The Balaban J connectivity index is 1.69. The maximum Gasteiger partial charge on any atom is 0.255 e. The molecule has 0 radical (unpaired) electrons. The van der Waals surface area contributed by atoms with Gasteiger partial charge in [0.1, 0.15) is 23.9 Å². The number of nitrogens with one attached hydrogen (secondary N) is 2. The van der Waals surface area contributed by atoms with Gasteiger partial charge in [0.15, 0.2) is 0 Å². The zero-order chi connectivity index (χ0) is 21.8. The molecule has 1 aromatic heterocycles. The van der Waals surface area contributed by atoms with Crippen molar-refractivity contribution >= 4 is 23.6 Å². The fourth-order valence-corrected chi connectivity index (χ4v) is 3.47. The minimum Gasteiger partial charge on any atom is -0.497 e. The zero-order valence-corrected chi connectivity index (χ0v) is 17.5. The number of anilines is 2. The average Bonchev–Trinajstić information content (AvgIpc) is 3.25. The van der Waals surface area contributed by atoms with Gasteiger partial charge in [-0.1, -0.05) is 42.5 Å². The molecule has 0 fully saturated rings. The number of fused-ring (bicyclic) bond motifs is 1. The molecule has 0 saturated carbocycles. The molecule has 0 bridgehead atoms. The van der Waals surface area contributed by atoms with Crippen LogP contribution in [-0.4, -0.2) is 34.9 Å². The number of ether oxygens (including phenoxy) is 2. The Hall–Kier alpha value is -4.07. The Labute approximate surface area is 180 Å². The number of methoxy groups -OCH3 is 2. The molecule has 0 saturated heterocycles. The second-order valence-electron chi connectivity index (χ2n) is 6.93. The van der Waals surface area contributed by atoms with Crippen LogP contribution in [0.4, 0.5) is 11.6 Å². The van der Waals surface area contributed by atoms with Crippen LogP contribution in [0.25, 0.3) is 6.08 Å². The maximum absolute atomic E-state index is 13.4. The molecular formula is C23H23N5O3. The summed E-state index contributed by atoms with van der Waals surface area (Å²) in [4.78, 5) is 17.6. The molecule has 1 aliphatic heterocycles. The summed E-state index contributed by atoms with van der Waals surface area (Å²) < 4.78 is 12.4. The average molecular weight is 417 g/mol. The van der Waals surface area contributed by atoms with Crippen LogP contribution in [-0.2, 0) is 4.79 Å². The highest BCUT2D eigenvalue weighted by Gasteiger charge is 2.30. The van der Waals surface area contributed by atoms with E-state index in [1.807, 2.05) is 49.4 Å². The van der Waals surface area contributed by atoms with Crippen LogP contribution in [0.1, 0.15) is 18.5 Å². The van der Waals surface area contributed by atoms with E-state index in [0.29, 0.717) is 34.4 Å². The van der Waals surface area contributed by atoms with Gasteiger partial charge in [0.25, 0.3) is 5.91 Å². The lowest BCUT2D eigenvalue weighted by Gasteiger charge is -2.26. The third-order valence-corrected chi connectivity index (χ3v) is 5.01. The molecule has 0 spiro atoms. The first-order valence-electron chi connectivity index (χ1n) is 9.74. The lowest BCUT2D eigenvalue weighted by atomic mass is 10.0. The molecule has 1 atom stereocenters. The Bertz CT molecular complexity index is 1150. The highest BCUT2D eigenvalue weighted by atomic mass is 16.5. The summed E-state index contributed by atoms with van der Waals surface area (Å²) in [6.45, 7) is 1.85. The van der Waals surface area contributed by atoms with Crippen molar-refractivity contribution in [1.82, 2.24) is 14.8 Å². The van der Waals surface area contributed by atoms with Gasteiger partial charge < -0.3 is 20.1 Å². The molecule has 8 nitrogen and oxygen atoms in total. The quantitative estimate of drug-likeness (QED) is 0.632. The van der Waals surface area contributed by atoms with Crippen LogP contribution < -0.4 is 20.1 Å². The number of allylic oxidation sites excluding steroid dienone is 2. The second-order valence-corrected chi connectivity index (χ2v) is 6.93. The predicted octanol–water partition coefficient (Wildman–Crippen LogP) is 3.89. The largest absolute Gasteiger partial charge is 0.497 e. The Morgan fingerprint density at radius 1 is 1.16 bits per heavy atom. The highest BCUT2D eigenvalue weighted by Crippen LogP contribution is 2.34. The minimum absolute atomic E-state index is 0.277. The van der Waals surface area contributed by atoms with E-state index in [1.54, 1.807) is 37.1 Å². The van der Waals surface area contributed by atoms with E-state index in [9.17, 15) is 4.79 Å². The standard InChI is InChI=1S/C23H23N5O3/c1-15-21(22(29)27-18-13-17(30-2)10-12-20(18)31-3)19(28-23(26-15)24-14-25-28)11-9-16-7-5-4-6-8-16/h4-14,19H,1-3H3,(H,27,29)(H,24,25,26). The normalized spacial score (nSPS) is 15.4. The van der Waals surface area contributed by atoms with Crippen molar-refractivity contribution in [2.24, 2.45) is 0 Å². The zero-order valence-electron chi connectivity index (χ0n) is 17.5. The topological polar surface area (TPSA) is 90.3 Å². The summed E-state index contributed by atoms with van der Waals surface area (Å²) in [6.07, 6.45) is 5.37. The number of benzene rings is 2. The highest BCUT2D eigenvalue weighted by molar-refractivity contribution is 6.06. The molecular weight excluding hydrogens is 394 g/mol. The van der Waals surface area contributed by atoms with Crippen molar-refractivity contribution in [1.29, 1.82) is 0 Å². The Kier molecular flexibility index (Phi) is 5.70. The first-order chi connectivity index (χ1) is 15.1. The van der Waals surface area contributed by atoms with Crippen LogP contribution in [0.5, 0.6) is 11.5 Å². The first kappa shape index (κ1) is 20.2.